The summed E-state index contributed by atoms with van der Waals surface area (Å²) in [4.78, 5) is 7.39. The van der Waals surface area contributed by atoms with Crippen molar-refractivity contribution in [2.45, 2.75) is 6.92 Å². The molecule has 3 aromatic rings. The van der Waals surface area contributed by atoms with Gasteiger partial charge >= 0.3 is 0 Å². The lowest BCUT2D eigenvalue weighted by molar-refractivity contribution is 0.889. The lowest BCUT2D eigenvalue weighted by atomic mass is 10.3. The molecule has 1 N–H and O–H groups in total. The first-order chi connectivity index (χ1) is 8.65. The molecular weight excluding hydrogens is 268 g/mol. The van der Waals surface area contributed by atoms with E-state index in [0.29, 0.717) is 9.66 Å². The Balaban J connectivity index is 2.30. The molecule has 0 aliphatic rings. The molecule has 0 aliphatic heterocycles. The zero-order valence-electron chi connectivity index (χ0n) is 9.51. The first-order valence-electron chi connectivity index (χ1n) is 5.36. The molecule has 2 heterocycles. The zero-order chi connectivity index (χ0) is 12.7. The van der Waals surface area contributed by atoms with Crippen LogP contribution in [0, 0.1) is 11.6 Å². The number of benzene rings is 1. The van der Waals surface area contributed by atoms with E-state index < -0.39 is 0 Å². The average molecular weight is 277 g/mol. The van der Waals surface area contributed by atoms with E-state index in [1.165, 1.54) is 0 Å². The van der Waals surface area contributed by atoms with Crippen LogP contribution in [-0.4, -0.2) is 19.7 Å². The van der Waals surface area contributed by atoms with E-state index in [-0.39, 0.29) is 0 Å². The highest BCUT2D eigenvalue weighted by molar-refractivity contribution is 7.71. The summed E-state index contributed by atoms with van der Waals surface area (Å²) in [6.45, 7) is 1.87. The molecule has 0 spiro atoms. The summed E-state index contributed by atoms with van der Waals surface area (Å²) in [5.41, 5.74) is 1.76. The lowest BCUT2D eigenvalue weighted by Crippen LogP contribution is -1.99. The third kappa shape index (κ3) is 1.81. The van der Waals surface area contributed by atoms with Crippen LogP contribution in [0.2, 0.25) is 5.02 Å². The zero-order valence-corrected chi connectivity index (χ0v) is 11.1. The number of aromatic amines is 1. The van der Waals surface area contributed by atoms with E-state index in [1.54, 1.807) is 10.9 Å². The van der Waals surface area contributed by atoms with Gasteiger partial charge in [0.2, 0.25) is 0 Å². The number of rotatable bonds is 1. The third-order valence-corrected chi connectivity index (χ3v) is 3.20. The predicted molar refractivity (Wildman–Crippen MR) is 73.8 cm³/mol. The van der Waals surface area contributed by atoms with Gasteiger partial charge in [0, 0.05) is 5.02 Å². The largest absolute Gasteiger partial charge is 0.328 e. The average Bonchev–Trinajstić information content (AvgIpc) is 2.74. The van der Waals surface area contributed by atoms with Crippen LogP contribution in [0.15, 0.2) is 30.5 Å². The molecule has 0 radical (unpaired) electrons. The van der Waals surface area contributed by atoms with Crippen molar-refractivity contribution < 1.29 is 0 Å². The third-order valence-electron chi connectivity index (χ3n) is 2.64. The Morgan fingerprint density at radius 3 is 2.72 bits per heavy atom. The Bertz CT molecular complexity index is 773. The van der Waals surface area contributed by atoms with E-state index in [1.807, 2.05) is 31.2 Å². The molecule has 0 bridgehead atoms. The van der Waals surface area contributed by atoms with Crippen LogP contribution in [-0.2, 0) is 0 Å². The molecule has 0 saturated heterocycles. The van der Waals surface area contributed by atoms with Gasteiger partial charge < -0.3 is 4.98 Å². The minimum absolute atomic E-state index is 0.557. The Labute approximate surface area is 113 Å². The number of hydrogen-bond acceptors (Lipinski definition) is 3. The fraction of sp³-hybridized carbons (Fsp3) is 0.0833. The maximum absolute atomic E-state index is 5.88. The first-order valence-corrected chi connectivity index (χ1v) is 6.14. The number of aryl methyl sites for hydroxylation is 1. The monoisotopic (exact) mass is 276 g/mol. The molecule has 0 unspecified atom stereocenters. The van der Waals surface area contributed by atoms with Gasteiger partial charge in [-0.05, 0) is 31.2 Å². The molecule has 18 heavy (non-hydrogen) atoms. The molecule has 0 atom stereocenters. The Hall–Kier alpha value is -1.72. The van der Waals surface area contributed by atoms with Gasteiger partial charge in [0.15, 0.2) is 0 Å². The van der Waals surface area contributed by atoms with Crippen molar-refractivity contribution in [1.29, 1.82) is 0 Å². The van der Waals surface area contributed by atoms with Gasteiger partial charge in [-0.3, -0.25) is 0 Å². The number of aromatic nitrogens is 4. The molecule has 4 nitrogen and oxygen atoms in total. The first kappa shape index (κ1) is 11.4. The SMILES string of the molecule is Cc1nc(=S)c2cnn(-c3ccc(Cl)cc3)c2[nH]1. The molecule has 0 aliphatic carbocycles. The Morgan fingerprint density at radius 1 is 1.28 bits per heavy atom. The van der Waals surface area contributed by atoms with Crippen molar-refractivity contribution in [2.75, 3.05) is 0 Å². The van der Waals surface area contributed by atoms with E-state index in [2.05, 4.69) is 15.1 Å². The standard InChI is InChI=1S/C12H9ClN4S/c1-7-15-11-10(12(18)16-7)6-14-17(11)9-4-2-8(13)3-5-9/h2-6H,1H3,(H,15,16,18). The lowest BCUT2D eigenvalue weighted by Gasteiger charge is -2.04. The second-order valence-electron chi connectivity index (χ2n) is 3.92. The van der Waals surface area contributed by atoms with Crippen LogP contribution in [0.25, 0.3) is 16.7 Å². The van der Waals surface area contributed by atoms with Crippen LogP contribution in [0.4, 0.5) is 0 Å². The second-order valence-corrected chi connectivity index (χ2v) is 4.75. The van der Waals surface area contributed by atoms with Gasteiger partial charge in [-0.1, -0.05) is 23.8 Å². The molecule has 2 aromatic heterocycles. The van der Waals surface area contributed by atoms with Gasteiger partial charge in [-0.25, -0.2) is 9.67 Å². The maximum Gasteiger partial charge on any atom is 0.145 e. The van der Waals surface area contributed by atoms with E-state index in [9.17, 15) is 0 Å². The number of hydrogen-bond donors (Lipinski definition) is 1. The van der Waals surface area contributed by atoms with E-state index >= 15 is 0 Å². The van der Waals surface area contributed by atoms with Crippen molar-refractivity contribution in [1.82, 2.24) is 19.7 Å². The van der Waals surface area contributed by atoms with Gasteiger partial charge in [0.25, 0.3) is 0 Å². The summed E-state index contributed by atoms with van der Waals surface area (Å²) < 4.78 is 2.34. The Kier molecular flexibility index (Phi) is 2.65. The fourth-order valence-electron chi connectivity index (χ4n) is 1.82. The number of halogens is 1. The minimum atomic E-state index is 0.557. The summed E-state index contributed by atoms with van der Waals surface area (Å²) in [5, 5.41) is 5.87. The quantitative estimate of drug-likeness (QED) is 0.693. The van der Waals surface area contributed by atoms with E-state index in [0.717, 1.165) is 22.5 Å². The summed E-state index contributed by atoms with van der Waals surface area (Å²) in [6.07, 6.45) is 1.72. The van der Waals surface area contributed by atoms with Gasteiger partial charge in [-0.2, -0.15) is 5.10 Å². The smallest absolute Gasteiger partial charge is 0.145 e. The molecule has 3 rings (SSSR count). The number of nitrogens with zero attached hydrogens (tertiary/aromatic N) is 3. The maximum atomic E-state index is 5.88. The predicted octanol–water partition coefficient (Wildman–Crippen LogP) is 3.44. The van der Waals surface area contributed by atoms with Gasteiger partial charge in [-0.15, -0.1) is 0 Å². The Morgan fingerprint density at radius 2 is 2.00 bits per heavy atom. The van der Waals surface area contributed by atoms with Gasteiger partial charge in [0.05, 0.1) is 17.3 Å². The van der Waals surface area contributed by atoms with Crippen molar-refractivity contribution >= 4 is 34.9 Å². The van der Waals surface area contributed by atoms with Crippen LogP contribution in [0.1, 0.15) is 5.82 Å². The van der Waals surface area contributed by atoms with Crippen molar-refractivity contribution in [2.24, 2.45) is 0 Å². The molecule has 0 saturated carbocycles. The normalized spacial score (nSPS) is 11.0. The number of nitrogens with one attached hydrogen (secondary N) is 1. The summed E-state index contributed by atoms with van der Waals surface area (Å²) in [7, 11) is 0. The topological polar surface area (TPSA) is 46.5 Å². The molecule has 90 valence electrons. The van der Waals surface area contributed by atoms with Gasteiger partial charge in [0.1, 0.15) is 16.1 Å². The highest BCUT2D eigenvalue weighted by Gasteiger charge is 2.07. The molecule has 6 heteroatoms. The molecule has 1 aromatic carbocycles. The summed E-state index contributed by atoms with van der Waals surface area (Å²) in [6, 6.07) is 7.46. The highest BCUT2D eigenvalue weighted by atomic mass is 35.5. The van der Waals surface area contributed by atoms with Crippen LogP contribution >= 0.6 is 23.8 Å². The number of H-pyrrole nitrogens is 1. The molecular formula is C12H9ClN4S. The van der Waals surface area contributed by atoms with Crippen molar-refractivity contribution in [3.05, 3.63) is 45.9 Å². The molecule has 0 amide bonds. The van der Waals surface area contributed by atoms with Crippen molar-refractivity contribution in [3.63, 3.8) is 0 Å². The summed E-state index contributed by atoms with van der Waals surface area (Å²) in [5.74, 6) is 0.767. The van der Waals surface area contributed by atoms with Crippen LogP contribution in [0.5, 0.6) is 0 Å². The fourth-order valence-corrected chi connectivity index (χ4v) is 2.23. The van der Waals surface area contributed by atoms with Crippen LogP contribution in [0.3, 0.4) is 0 Å². The highest BCUT2D eigenvalue weighted by Crippen LogP contribution is 2.18. The van der Waals surface area contributed by atoms with Crippen molar-refractivity contribution in [3.8, 4) is 5.69 Å². The second kappa shape index (κ2) is 4.19. The number of fused-ring (bicyclic) bond motifs is 1. The van der Waals surface area contributed by atoms with E-state index in [4.69, 9.17) is 23.8 Å². The van der Waals surface area contributed by atoms with Crippen LogP contribution < -0.4 is 0 Å². The minimum Gasteiger partial charge on any atom is -0.328 e. The summed E-state index contributed by atoms with van der Waals surface area (Å²) >= 11 is 11.1. The molecule has 0 fully saturated rings.